The zero-order valence-electron chi connectivity index (χ0n) is 15.4. The normalized spacial score (nSPS) is 19.2. The summed E-state index contributed by atoms with van der Waals surface area (Å²) in [5, 5.41) is 9.18. The van der Waals surface area contributed by atoms with E-state index in [0.29, 0.717) is 25.2 Å². The lowest BCUT2D eigenvalue weighted by atomic mass is 10.2. The predicted octanol–water partition coefficient (Wildman–Crippen LogP) is 1.20. The molecule has 1 aromatic rings. The lowest BCUT2D eigenvalue weighted by Gasteiger charge is -2.29. The average molecular weight is 384 g/mol. The molecule has 1 atom stereocenters. The van der Waals surface area contributed by atoms with Gasteiger partial charge in [0.15, 0.2) is 9.84 Å². The van der Waals surface area contributed by atoms with E-state index in [1.807, 2.05) is 14.1 Å². The van der Waals surface area contributed by atoms with Crippen LogP contribution in [0, 0.1) is 0 Å². The minimum atomic E-state index is -2.92. The minimum Gasteiger partial charge on any atom is -0.493 e. The maximum Gasteiger partial charge on any atom is 0.339 e. The Bertz CT molecular complexity index is 705. The zero-order valence-corrected chi connectivity index (χ0v) is 16.2. The highest BCUT2D eigenvalue weighted by molar-refractivity contribution is 7.91. The van der Waals surface area contributed by atoms with Gasteiger partial charge in [0.05, 0.1) is 18.1 Å². The first-order valence-corrected chi connectivity index (χ1v) is 10.6. The van der Waals surface area contributed by atoms with Crippen LogP contribution in [0.4, 0.5) is 0 Å². The molecule has 0 radical (unpaired) electrons. The molecular weight excluding hydrogens is 356 g/mol. The molecule has 26 heavy (non-hydrogen) atoms. The van der Waals surface area contributed by atoms with Crippen LogP contribution in [0.3, 0.4) is 0 Å². The number of sulfone groups is 1. The van der Waals surface area contributed by atoms with E-state index in [1.165, 1.54) is 6.07 Å². The standard InChI is InChI=1S/C18H28N2O5S/c1-19(2)10-11-20(15-8-13-26(23,24)14-15)9-5-12-25-17-7-4-3-6-16(17)18(21)22/h3-4,6-7,15H,5,8-14H2,1-2H3,(H,21,22). The van der Waals surface area contributed by atoms with E-state index in [0.717, 1.165) is 19.6 Å². The quantitative estimate of drug-likeness (QED) is 0.607. The lowest BCUT2D eigenvalue weighted by molar-refractivity contribution is 0.0692. The number of para-hydroxylation sites is 1. The van der Waals surface area contributed by atoms with Crippen molar-refractivity contribution in [2.45, 2.75) is 18.9 Å². The Morgan fingerprint density at radius 3 is 2.58 bits per heavy atom. The van der Waals surface area contributed by atoms with Gasteiger partial charge in [-0.25, -0.2) is 13.2 Å². The lowest BCUT2D eigenvalue weighted by Crippen LogP contribution is -2.41. The Labute approximate surface area is 155 Å². The summed E-state index contributed by atoms with van der Waals surface area (Å²) in [6.07, 6.45) is 1.39. The number of ether oxygens (including phenoxy) is 1. The van der Waals surface area contributed by atoms with Gasteiger partial charge in [-0.15, -0.1) is 0 Å². The van der Waals surface area contributed by atoms with Crippen molar-refractivity contribution in [3.63, 3.8) is 0 Å². The van der Waals surface area contributed by atoms with Crippen molar-refractivity contribution in [3.8, 4) is 5.75 Å². The number of benzene rings is 1. The molecular formula is C18H28N2O5S. The van der Waals surface area contributed by atoms with Crippen molar-refractivity contribution < 1.29 is 23.1 Å². The number of aromatic carboxylic acids is 1. The van der Waals surface area contributed by atoms with Crippen LogP contribution >= 0.6 is 0 Å². The molecule has 1 fully saturated rings. The number of rotatable bonds is 10. The maximum absolute atomic E-state index is 11.8. The number of carbonyl (C=O) groups is 1. The Morgan fingerprint density at radius 2 is 1.96 bits per heavy atom. The molecule has 1 N–H and O–H groups in total. The SMILES string of the molecule is CN(C)CCN(CCCOc1ccccc1C(=O)O)C1CCS(=O)(=O)C1. The fraction of sp³-hybridized carbons (Fsp3) is 0.611. The van der Waals surface area contributed by atoms with Crippen LogP contribution in [-0.4, -0.2) is 87.2 Å². The number of hydrogen-bond donors (Lipinski definition) is 1. The summed E-state index contributed by atoms with van der Waals surface area (Å²) in [7, 11) is 1.07. The third-order valence-corrected chi connectivity index (χ3v) is 6.27. The van der Waals surface area contributed by atoms with Crippen molar-refractivity contribution in [3.05, 3.63) is 29.8 Å². The highest BCUT2D eigenvalue weighted by Crippen LogP contribution is 2.20. The van der Waals surface area contributed by atoms with Crippen LogP contribution in [0.5, 0.6) is 5.75 Å². The molecule has 0 amide bonds. The van der Waals surface area contributed by atoms with Gasteiger partial charge in [0, 0.05) is 25.7 Å². The van der Waals surface area contributed by atoms with Gasteiger partial charge in [0.1, 0.15) is 11.3 Å². The molecule has 8 heteroatoms. The predicted molar refractivity (Wildman–Crippen MR) is 101 cm³/mol. The number of nitrogens with zero attached hydrogens (tertiary/aromatic N) is 2. The van der Waals surface area contributed by atoms with Gasteiger partial charge in [-0.05, 0) is 39.1 Å². The number of hydrogen-bond acceptors (Lipinski definition) is 6. The van der Waals surface area contributed by atoms with E-state index >= 15 is 0 Å². The van der Waals surface area contributed by atoms with Crippen LogP contribution in [0.15, 0.2) is 24.3 Å². The Hall–Kier alpha value is -1.64. The molecule has 1 heterocycles. The second kappa shape index (κ2) is 9.34. The van der Waals surface area contributed by atoms with Crippen LogP contribution in [-0.2, 0) is 9.84 Å². The summed E-state index contributed by atoms with van der Waals surface area (Å²) in [6.45, 7) is 2.78. The van der Waals surface area contributed by atoms with Gasteiger partial charge >= 0.3 is 5.97 Å². The van der Waals surface area contributed by atoms with Crippen molar-refractivity contribution in [1.82, 2.24) is 9.80 Å². The fourth-order valence-electron chi connectivity index (χ4n) is 3.09. The van der Waals surface area contributed by atoms with Gasteiger partial charge in [-0.3, -0.25) is 4.90 Å². The number of carboxylic acid groups (broad SMARTS) is 1. The molecule has 0 aromatic heterocycles. The molecule has 1 aliphatic rings. The molecule has 1 aliphatic heterocycles. The Morgan fingerprint density at radius 1 is 1.23 bits per heavy atom. The number of likely N-dealkylation sites (N-methyl/N-ethyl adjacent to an activating group) is 1. The topological polar surface area (TPSA) is 87.2 Å². The maximum atomic E-state index is 11.8. The van der Waals surface area contributed by atoms with E-state index in [9.17, 15) is 18.3 Å². The summed E-state index contributed by atoms with van der Waals surface area (Å²) in [5.41, 5.74) is 0.152. The van der Waals surface area contributed by atoms with Crippen molar-refractivity contribution in [2.24, 2.45) is 0 Å². The average Bonchev–Trinajstić information content (AvgIpc) is 2.94. The number of carboxylic acids is 1. The van der Waals surface area contributed by atoms with E-state index in [-0.39, 0.29) is 23.1 Å². The molecule has 0 saturated carbocycles. The summed E-state index contributed by atoms with van der Waals surface area (Å²) in [5.74, 6) is -0.158. The molecule has 1 unspecified atom stereocenters. The van der Waals surface area contributed by atoms with Crippen LogP contribution in [0.1, 0.15) is 23.2 Å². The van der Waals surface area contributed by atoms with E-state index < -0.39 is 15.8 Å². The highest BCUT2D eigenvalue weighted by atomic mass is 32.2. The van der Waals surface area contributed by atoms with Crippen LogP contribution in [0.25, 0.3) is 0 Å². The first kappa shape index (κ1) is 20.7. The summed E-state index contributed by atoms with van der Waals surface area (Å²) < 4.78 is 29.2. The van der Waals surface area contributed by atoms with Gasteiger partial charge in [0.2, 0.25) is 0 Å². The van der Waals surface area contributed by atoms with E-state index in [4.69, 9.17) is 4.74 Å². The largest absolute Gasteiger partial charge is 0.493 e. The third kappa shape index (κ3) is 6.26. The highest BCUT2D eigenvalue weighted by Gasteiger charge is 2.31. The summed E-state index contributed by atoms with van der Waals surface area (Å²) >= 11 is 0. The fourth-order valence-corrected chi connectivity index (χ4v) is 4.85. The molecule has 0 bridgehead atoms. The van der Waals surface area contributed by atoms with Gasteiger partial charge in [-0.2, -0.15) is 0 Å². The molecule has 1 saturated heterocycles. The summed E-state index contributed by atoms with van der Waals surface area (Å²) in [6, 6.07) is 6.64. The van der Waals surface area contributed by atoms with Gasteiger partial charge in [0.25, 0.3) is 0 Å². The molecule has 146 valence electrons. The Kier molecular flexibility index (Phi) is 7.43. The second-order valence-electron chi connectivity index (χ2n) is 6.90. The summed E-state index contributed by atoms with van der Waals surface area (Å²) in [4.78, 5) is 15.5. The van der Waals surface area contributed by atoms with Crippen molar-refractivity contribution >= 4 is 15.8 Å². The monoisotopic (exact) mass is 384 g/mol. The van der Waals surface area contributed by atoms with Crippen molar-refractivity contribution in [2.75, 3.05) is 51.8 Å². The van der Waals surface area contributed by atoms with Crippen LogP contribution < -0.4 is 4.74 Å². The molecule has 0 aliphatic carbocycles. The first-order valence-electron chi connectivity index (χ1n) is 8.83. The zero-order chi connectivity index (χ0) is 19.2. The molecule has 1 aromatic carbocycles. The molecule has 0 spiro atoms. The van der Waals surface area contributed by atoms with Gasteiger partial charge < -0.3 is 14.7 Å². The Balaban J connectivity index is 1.88. The smallest absolute Gasteiger partial charge is 0.339 e. The first-order chi connectivity index (χ1) is 12.3. The van der Waals surface area contributed by atoms with E-state index in [2.05, 4.69) is 9.80 Å². The van der Waals surface area contributed by atoms with Gasteiger partial charge in [-0.1, -0.05) is 12.1 Å². The van der Waals surface area contributed by atoms with Crippen molar-refractivity contribution in [1.29, 1.82) is 0 Å². The molecule has 2 rings (SSSR count). The molecule has 7 nitrogen and oxygen atoms in total. The second-order valence-corrected chi connectivity index (χ2v) is 9.13. The van der Waals surface area contributed by atoms with Crippen LogP contribution in [0.2, 0.25) is 0 Å². The minimum absolute atomic E-state index is 0.0613. The van der Waals surface area contributed by atoms with E-state index in [1.54, 1.807) is 18.2 Å². The third-order valence-electron chi connectivity index (χ3n) is 4.52.